The van der Waals surface area contributed by atoms with Crippen molar-refractivity contribution in [2.24, 2.45) is 11.8 Å². The fourth-order valence-electron chi connectivity index (χ4n) is 5.39. The number of carbonyl (C=O) groups excluding carboxylic acids is 2. The number of ketones is 2. The molecule has 2 aromatic heterocycles. The SMILES string of the molecule is O=C(CCc1cn2cc(CCCC3CCCCC3)ccc2n1)C1=CC(=O)C2C=CC=CC2=C1. The molecule has 0 aromatic carbocycles. The highest BCUT2D eigenvalue weighted by Crippen LogP contribution is 2.28. The summed E-state index contributed by atoms with van der Waals surface area (Å²) in [6, 6.07) is 4.27. The van der Waals surface area contributed by atoms with Gasteiger partial charge in [-0.1, -0.05) is 68.9 Å². The summed E-state index contributed by atoms with van der Waals surface area (Å²) in [5.41, 5.74) is 4.59. The van der Waals surface area contributed by atoms with Gasteiger partial charge < -0.3 is 4.40 Å². The lowest BCUT2D eigenvalue weighted by Crippen LogP contribution is -2.19. The standard InChI is InChI=1S/C29H32N2O2/c32-27(24-17-23-11-4-5-12-26(23)28(33)18-24)15-14-25-20-31-19-22(13-16-29(31)30-25)10-6-9-21-7-2-1-3-8-21/h4-5,11-13,16-21,26H,1-3,6-10,14-15H2. The van der Waals surface area contributed by atoms with Gasteiger partial charge in [0, 0.05) is 24.4 Å². The first-order valence-electron chi connectivity index (χ1n) is 12.5. The number of carbonyl (C=O) groups is 2. The van der Waals surface area contributed by atoms with Crippen LogP contribution in [0, 0.1) is 11.8 Å². The second-order valence-electron chi connectivity index (χ2n) is 9.72. The molecule has 4 nitrogen and oxygen atoms in total. The van der Waals surface area contributed by atoms with Gasteiger partial charge in [0.2, 0.25) is 0 Å². The van der Waals surface area contributed by atoms with E-state index in [0.717, 1.165) is 29.3 Å². The largest absolute Gasteiger partial charge is 0.307 e. The summed E-state index contributed by atoms with van der Waals surface area (Å²) in [5, 5.41) is 0. The van der Waals surface area contributed by atoms with Gasteiger partial charge in [-0.2, -0.15) is 0 Å². The molecule has 3 aliphatic rings. The summed E-state index contributed by atoms with van der Waals surface area (Å²) < 4.78 is 2.09. The van der Waals surface area contributed by atoms with Gasteiger partial charge in [-0.3, -0.25) is 9.59 Å². The zero-order valence-electron chi connectivity index (χ0n) is 19.2. The number of aromatic nitrogens is 2. The summed E-state index contributed by atoms with van der Waals surface area (Å²) in [5.74, 6) is 0.682. The third-order valence-corrected chi connectivity index (χ3v) is 7.28. The van der Waals surface area contributed by atoms with E-state index in [1.807, 2.05) is 36.6 Å². The topological polar surface area (TPSA) is 51.4 Å². The van der Waals surface area contributed by atoms with Crippen molar-refractivity contribution < 1.29 is 9.59 Å². The molecule has 1 atom stereocenters. The number of imidazole rings is 1. The summed E-state index contributed by atoms with van der Waals surface area (Å²) >= 11 is 0. The van der Waals surface area contributed by atoms with Crippen molar-refractivity contribution in [3.05, 3.63) is 83.4 Å². The molecule has 1 unspecified atom stereocenters. The Bertz CT molecular complexity index is 1170. The molecule has 0 saturated heterocycles. The van der Waals surface area contributed by atoms with E-state index in [4.69, 9.17) is 4.98 Å². The van der Waals surface area contributed by atoms with Crippen LogP contribution in [0.15, 0.2) is 72.1 Å². The van der Waals surface area contributed by atoms with Gasteiger partial charge in [-0.15, -0.1) is 0 Å². The van der Waals surface area contributed by atoms with E-state index >= 15 is 0 Å². The Balaban J connectivity index is 1.17. The van der Waals surface area contributed by atoms with E-state index in [2.05, 4.69) is 22.7 Å². The molecule has 1 saturated carbocycles. The maximum atomic E-state index is 12.8. The Morgan fingerprint density at radius 2 is 1.91 bits per heavy atom. The van der Waals surface area contributed by atoms with Gasteiger partial charge in [0.1, 0.15) is 5.65 Å². The number of pyridine rings is 1. The molecule has 0 aliphatic heterocycles. The Kier molecular flexibility index (Phi) is 6.52. The second kappa shape index (κ2) is 9.86. The fourth-order valence-corrected chi connectivity index (χ4v) is 5.39. The highest BCUT2D eigenvalue weighted by molar-refractivity contribution is 6.09. The minimum absolute atomic E-state index is 0.00212. The van der Waals surface area contributed by atoms with Gasteiger partial charge in [-0.25, -0.2) is 4.98 Å². The van der Waals surface area contributed by atoms with Crippen LogP contribution in [0.1, 0.15) is 62.6 Å². The molecule has 0 radical (unpaired) electrons. The second-order valence-corrected chi connectivity index (χ2v) is 9.72. The van der Waals surface area contributed by atoms with E-state index in [9.17, 15) is 9.59 Å². The van der Waals surface area contributed by atoms with Crippen molar-refractivity contribution in [3.63, 3.8) is 0 Å². The number of hydrogen-bond acceptors (Lipinski definition) is 3. The van der Waals surface area contributed by atoms with Gasteiger partial charge in [0.05, 0.1) is 11.6 Å². The van der Waals surface area contributed by atoms with E-state index in [1.165, 1.54) is 56.6 Å². The van der Waals surface area contributed by atoms with E-state index in [0.29, 0.717) is 18.4 Å². The van der Waals surface area contributed by atoms with Crippen molar-refractivity contribution in [1.82, 2.24) is 9.38 Å². The molecule has 0 spiro atoms. The Labute approximate surface area is 195 Å². The molecular formula is C29H32N2O2. The number of aryl methyl sites for hydroxylation is 2. The normalized spacial score (nSPS) is 20.6. The molecule has 0 N–H and O–H groups in total. The average molecular weight is 441 g/mol. The number of rotatable bonds is 8. The predicted molar refractivity (Wildman–Crippen MR) is 131 cm³/mol. The Hall–Kier alpha value is -3.01. The molecule has 0 amide bonds. The van der Waals surface area contributed by atoms with Crippen LogP contribution in [0.5, 0.6) is 0 Å². The third kappa shape index (κ3) is 5.16. The van der Waals surface area contributed by atoms with E-state index in [-0.39, 0.29) is 17.5 Å². The number of fused-ring (bicyclic) bond motifs is 2. The maximum Gasteiger partial charge on any atom is 0.167 e. The molecular weight excluding hydrogens is 408 g/mol. The van der Waals surface area contributed by atoms with E-state index < -0.39 is 0 Å². The Morgan fingerprint density at radius 3 is 2.79 bits per heavy atom. The van der Waals surface area contributed by atoms with Gasteiger partial charge in [0.25, 0.3) is 0 Å². The summed E-state index contributed by atoms with van der Waals surface area (Å²) in [4.78, 5) is 29.8. The third-order valence-electron chi connectivity index (χ3n) is 7.28. The smallest absolute Gasteiger partial charge is 0.167 e. The molecule has 3 aliphatic carbocycles. The van der Waals surface area contributed by atoms with Crippen LogP contribution in [0.25, 0.3) is 5.65 Å². The van der Waals surface area contributed by atoms with Crippen molar-refractivity contribution >= 4 is 17.2 Å². The average Bonchev–Trinajstić information content (AvgIpc) is 3.25. The quantitative estimate of drug-likeness (QED) is 0.512. The summed E-state index contributed by atoms with van der Waals surface area (Å²) in [6.07, 6.45) is 26.9. The number of Topliss-reactive ketones (excluding diaryl/α,β-unsaturated/α-hetero) is 1. The van der Waals surface area contributed by atoms with Gasteiger partial charge in [0.15, 0.2) is 11.6 Å². The van der Waals surface area contributed by atoms with Crippen molar-refractivity contribution in [2.75, 3.05) is 0 Å². The Morgan fingerprint density at radius 1 is 1.03 bits per heavy atom. The first kappa shape index (κ1) is 21.8. The fraction of sp³-hybridized carbons (Fsp3) is 0.414. The number of allylic oxidation sites excluding steroid dienone is 8. The lowest BCUT2D eigenvalue weighted by Gasteiger charge is -2.21. The van der Waals surface area contributed by atoms with Crippen LogP contribution in [0.2, 0.25) is 0 Å². The molecule has 0 bridgehead atoms. The first-order chi connectivity index (χ1) is 16.2. The predicted octanol–water partition coefficient (Wildman–Crippen LogP) is 5.92. The molecule has 33 heavy (non-hydrogen) atoms. The van der Waals surface area contributed by atoms with Crippen LogP contribution in [-0.2, 0) is 22.4 Å². The van der Waals surface area contributed by atoms with Crippen LogP contribution in [0.3, 0.4) is 0 Å². The molecule has 1 fully saturated rings. The van der Waals surface area contributed by atoms with Crippen LogP contribution < -0.4 is 0 Å². The highest BCUT2D eigenvalue weighted by Gasteiger charge is 2.25. The van der Waals surface area contributed by atoms with Crippen LogP contribution in [-0.4, -0.2) is 21.0 Å². The van der Waals surface area contributed by atoms with Crippen LogP contribution in [0.4, 0.5) is 0 Å². The van der Waals surface area contributed by atoms with Crippen molar-refractivity contribution in [3.8, 4) is 0 Å². The van der Waals surface area contributed by atoms with Gasteiger partial charge in [-0.05, 0) is 54.5 Å². The highest BCUT2D eigenvalue weighted by atomic mass is 16.1. The zero-order chi connectivity index (χ0) is 22.6. The molecule has 4 heteroatoms. The minimum Gasteiger partial charge on any atom is -0.307 e. The van der Waals surface area contributed by atoms with Crippen LogP contribution >= 0.6 is 0 Å². The first-order valence-corrected chi connectivity index (χ1v) is 12.5. The van der Waals surface area contributed by atoms with Gasteiger partial charge >= 0.3 is 0 Å². The monoisotopic (exact) mass is 440 g/mol. The van der Waals surface area contributed by atoms with Crippen molar-refractivity contribution in [1.29, 1.82) is 0 Å². The summed E-state index contributed by atoms with van der Waals surface area (Å²) in [6.45, 7) is 0. The molecule has 170 valence electrons. The summed E-state index contributed by atoms with van der Waals surface area (Å²) in [7, 11) is 0. The maximum absolute atomic E-state index is 12.8. The van der Waals surface area contributed by atoms with Crippen molar-refractivity contribution in [2.45, 2.75) is 64.2 Å². The lowest BCUT2D eigenvalue weighted by atomic mass is 9.83. The zero-order valence-corrected chi connectivity index (χ0v) is 19.2. The number of hydrogen-bond donors (Lipinski definition) is 0. The molecule has 2 heterocycles. The minimum atomic E-state index is -0.234. The molecule has 2 aromatic rings. The lowest BCUT2D eigenvalue weighted by molar-refractivity contribution is -0.118. The number of nitrogens with zero attached hydrogens (tertiary/aromatic N) is 2. The molecule has 5 rings (SSSR count). The van der Waals surface area contributed by atoms with E-state index in [1.54, 1.807) is 0 Å².